The van der Waals surface area contributed by atoms with E-state index in [1.165, 1.54) is 6.07 Å². The average molecular weight is 251 g/mol. The van der Waals surface area contributed by atoms with Gasteiger partial charge in [-0.05, 0) is 31.0 Å². The molecule has 1 aromatic rings. The van der Waals surface area contributed by atoms with Crippen LogP contribution in [0.4, 0.5) is 0 Å². The van der Waals surface area contributed by atoms with Crippen molar-refractivity contribution in [2.24, 2.45) is 0 Å². The molecule has 0 aromatic heterocycles. The van der Waals surface area contributed by atoms with Crippen molar-refractivity contribution in [1.82, 2.24) is 5.32 Å². The number of carbonyl (C=O) groups excluding carboxylic acids is 1. The summed E-state index contributed by atoms with van der Waals surface area (Å²) in [6.07, 6.45) is 0.844. The fourth-order valence-corrected chi connectivity index (χ4v) is 1.38. The van der Waals surface area contributed by atoms with Crippen LogP contribution in [0, 0.1) is 6.92 Å². The summed E-state index contributed by atoms with van der Waals surface area (Å²) in [4.78, 5) is 22.3. The average Bonchev–Trinajstić information content (AvgIpc) is 2.33. The van der Waals surface area contributed by atoms with Crippen LogP contribution >= 0.6 is 0 Å². The lowest BCUT2D eigenvalue weighted by Gasteiger charge is -2.10. The van der Waals surface area contributed by atoms with Crippen LogP contribution in [0.25, 0.3) is 0 Å². The zero-order valence-electron chi connectivity index (χ0n) is 10.5. The van der Waals surface area contributed by atoms with E-state index >= 15 is 0 Å². The van der Waals surface area contributed by atoms with Gasteiger partial charge in [0, 0.05) is 6.54 Å². The van der Waals surface area contributed by atoms with Crippen molar-refractivity contribution in [2.75, 3.05) is 13.2 Å². The van der Waals surface area contributed by atoms with E-state index in [0.717, 1.165) is 12.0 Å². The molecule has 18 heavy (non-hydrogen) atoms. The monoisotopic (exact) mass is 251 g/mol. The van der Waals surface area contributed by atoms with Gasteiger partial charge in [0.05, 0.1) is 0 Å². The highest BCUT2D eigenvalue weighted by Gasteiger charge is 2.12. The summed E-state index contributed by atoms with van der Waals surface area (Å²) in [5.74, 6) is -1.11. The quantitative estimate of drug-likeness (QED) is 0.805. The smallest absolute Gasteiger partial charge is 0.339 e. The van der Waals surface area contributed by atoms with Crippen molar-refractivity contribution in [2.45, 2.75) is 20.3 Å². The number of amides is 1. The number of nitrogens with one attached hydrogen (secondary N) is 1. The Balaban J connectivity index is 2.68. The molecule has 0 atom stereocenters. The number of aromatic carboxylic acids is 1. The second-order valence-electron chi connectivity index (χ2n) is 3.94. The first-order chi connectivity index (χ1) is 8.54. The third kappa shape index (κ3) is 4.08. The van der Waals surface area contributed by atoms with Crippen LogP contribution in [0.2, 0.25) is 0 Å². The van der Waals surface area contributed by atoms with Crippen molar-refractivity contribution >= 4 is 11.9 Å². The van der Waals surface area contributed by atoms with Crippen LogP contribution in [0.3, 0.4) is 0 Å². The molecule has 0 aliphatic heterocycles. The van der Waals surface area contributed by atoms with E-state index in [-0.39, 0.29) is 23.8 Å². The van der Waals surface area contributed by atoms with E-state index in [1.807, 2.05) is 13.8 Å². The largest absolute Gasteiger partial charge is 0.483 e. The highest BCUT2D eigenvalue weighted by Crippen LogP contribution is 2.20. The fraction of sp³-hybridized carbons (Fsp3) is 0.385. The number of carboxylic acids is 1. The molecule has 1 aromatic carbocycles. The molecule has 1 amide bonds. The molecule has 0 heterocycles. The van der Waals surface area contributed by atoms with Gasteiger partial charge in [-0.25, -0.2) is 4.79 Å². The van der Waals surface area contributed by atoms with E-state index in [9.17, 15) is 9.59 Å². The van der Waals surface area contributed by atoms with Gasteiger partial charge in [-0.15, -0.1) is 0 Å². The van der Waals surface area contributed by atoms with Gasteiger partial charge in [0.25, 0.3) is 5.91 Å². The SMILES string of the molecule is CCCNC(=O)COc1cc(C)ccc1C(=O)O. The molecular weight excluding hydrogens is 234 g/mol. The molecule has 0 spiro atoms. The second-order valence-corrected chi connectivity index (χ2v) is 3.94. The number of rotatable bonds is 6. The summed E-state index contributed by atoms with van der Waals surface area (Å²) >= 11 is 0. The normalized spacial score (nSPS) is 9.89. The van der Waals surface area contributed by atoms with Gasteiger partial charge < -0.3 is 15.2 Å². The lowest BCUT2D eigenvalue weighted by Crippen LogP contribution is -2.29. The van der Waals surface area contributed by atoms with Crippen molar-refractivity contribution in [3.63, 3.8) is 0 Å². The van der Waals surface area contributed by atoms with Crippen LogP contribution < -0.4 is 10.1 Å². The predicted molar refractivity (Wildman–Crippen MR) is 66.9 cm³/mol. The fourth-order valence-electron chi connectivity index (χ4n) is 1.38. The molecule has 0 saturated heterocycles. The number of aryl methyl sites for hydroxylation is 1. The second kappa shape index (κ2) is 6.64. The first kappa shape index (κ1) is 14.0. The lowest BCUT2D eigenvalue weighted by molar-refractivity contribution is -0.123. The first-order valence-corrected chi connectivity index (χ1v) is 5.78. The summed E-state index contributed by atoms with van der Waals surface area (Å²) in [6.45, 7) is 4.19. The van der Waals surface area contributed by atoms with Crippen LogP contribution in [-0.4, -0.2) is 30.1 Å². The Morgan fingerprint density at radius 1 is 1.39 bits per heavy atom. The molecule has 0 unspecified atom stereocenters. The zero-order chi connectivity index (χ0) is 13.5. The predicted octanol–water partition coefficient (Wildman–Crippen LogP) is 1.60. The third-order valence-electron chi connectivity index (χ3n) is 2.30. The van der Waals surface area contributed by atoms with Gasteiger partial charge in [0.1, 0.15) is 11.3 Å². The van der Waals surface area contributed by atoms with E-state index < -0.39 is 5.97 Å². The Kier molecular flexibility index (Phi) is 5.17. The van der Waals surface area contributed by atoms with E-state index in [1.54, 1.807) is 12.1 Å². The minimum absolute atomic E-state index is 0.0592. The molecule has 98 valence electrons. The van der Waals surface area contributed by atoms with E-state index in [0.29, 0.717) is 6.54 Å². The number of carboxylic acid groups (broad SMARTS) is 1. The van der Waals surface area contributed by atoms with E-state index in [4.69, 9.17) is 9.84 Å². The van der Waals surface area contributed by atoms with Crippen LogP contribution in [-0.2, 0) is 4.79 Å². The topological polar surface area (TPSA) is 75.6 Å². The lowest BCUT2D eigenvalue weighted by atomic mass is 10.1. The van der Waals surface area contributed by atoms with Gasteiger partial charge >= 0.3 is 5.97 Å². The Labute approximate surface area is 106 Å². The maximum absolute atomic E-state index is 11.4. The molecule has 0 aliphatic carbocycles. The summed E-state index contributed by atoms with van der Waals surface area (Å²) in [5, 5.41) is 11.6. The Hall–Kier alpha value is -2.04. The standard InChI is InChI=1S/C13H17NO4/c1-3-6-14-12(15)8-18-11-7-9(2)4-5-10(11)13(16)17/h4-5,7H,3,6,8H2,1-2H3,(H,14,15)(H,16,17). The molecule has 1 rings (SSSR count). The molecule has 5 heteroatoms. The number of ether oxygens (including phenoxy) is 1. The summed E-state index contributed by atoms with van der Waals surface area (Å²) in [5.41, 5.74) is 0.938. The summed E-state index contributed by atoms with van der Waals surface area (Å²) < 4.78 is 5.25. The van der Waals surface area contributed by atoms with Gasteiger partial charge in [-0.2, -0.15) is 0 Å². The van der Waals surface area contributed by atoms with Gasteiger partial charge in [0.15, 0.2) is 6.61 Å². The molecule has 0 saturated carbocycles. The minimum Gasteiger partial charge on any atom is -0.483 e. The van der Waals surface area contributed by atoms with E-state index in [2.05, 4.69) is 5.32 Å². The molecule has 0 fully saturated rings. The maximum Gasteiger partial charge on any atom is 0.339 e. The van der Waals surface area contributed by atoms with Crippen LogP contribution in [0.15, 0.2) is 18.2 Å². The Bertz CT molecular complexity index is 443. The highest BCUT2D eigenvalue weighted by molar-refractivity contribution is 5.91. The van der Waals surface area contributed by atoms with Crippen molar-refractivity contribution in [1.29, 1.82) is 0 Å². The summed E-state index contributed by atoms with van der Waals surface area (Å²) in [6, 6.07) is 4.76. The zero-order valence-corrected chi connectivity index (χ0v) is 10.5. The molecular formula is C13H17NO4. The maximum atomic E-state index is 11.4. The first-order valence-electron chi connectivity index (χ1n) is 5.78. The minimum atomic E-state index is -1.07. The molecule has 0 radical (unpaired) electrons. The Morgan fingerprint density at radius 2 is 2.11 bits per heavy atom. The van der Waals surface area contributed by atoms with Crippen LogP contribution in [0.1, 0.15) is 29.3 Å². The molecule has 0 bridgehead atoms. The number of carbonyl (C=O) groups is 2. The van der Waals surface area contributed by atoms with Gasteiger partial charge in [-0.1, -0.05) is 13.0 Å². The Morgan fingerprint density at radius 3 is 2.72 bits per heavy atom. The third-order valence-corrected chi connectivity index (χ3v) is 2.30. The summed E-state index contributed by atoms with van der Waals surface area (Å²) in [7, 11) is 0. The molecule has 0 aliphatic rings. The van der Waals surface area contributed by atoms with Crippen molar-refractivity contribution < 1.29 is 19.4 Å². The number of hydrogen-bond acceptors (Lipinski definition) is 3. The molecule has 5 nitrogen and oxygen atoms in total. The van der Waals surface area contributed by atoms with Crippen LogP contribution in [0.5, 0.6) is 5.75 Å². The number of benzene rings is 1. The van der Waals surface area contributed by atoms with Gasteiger partial charge in [-0.3, -0.25) is 4.79 Å². The van der Waals surface area contributed by atoms with Gasteiger partial charge in [0.2, 0.25) is 0 Å². The van der Waals surface area contributed by atoms with Crippen molar-refractivity contribution in [3.8, 4) is 5.75 Å². The molecule has 2 N–H and O–H groups in total. The number of hydrogen-bond donors (Lipinski definition) is 2. The highest BCUT2D eigenvalue weighted by atomic mass is 16.5. The van der Waals surface area contributed by atoms with Crippen molar-refractivity contribution in [3.05, 3.63) is 29.3 Å².